The lowest BCUT2D eigenvalue weighted by Gasteiger charge is -2.07. The summed E-state index contributed by atoms with van der Waals surface area (Å²) in [6, 6.07) is 7.19. The summed E-state index contributed by atoms with van der Waals surface area (Å²) in [5.41, 5.74) is 1.91. The minimum absolute atomic E-state index is 0.135. The number of hydrogen-bond donors (Lipinski definition) is 0. The Bertz CT molecular complexity index is 606. The number of rotatable bonds is 4. The zero-order valence-corrected chi connectivity index (χ0v) is 10.8. The summed E-state index contributed by atoms with van der Waals surface area (Å²) in [6.45, 7) is 3.53. The van der Waals surface area contributed by atoms with Crippen LogP contribution in [0.4, 0.5) is 0 Å². The molecule has 2 aromatic heterocycles. The van der Waals surface area contributed by atoms with Crippen LogP contribution in [0.25, 0.3) is 0 Å². The molecule has 0 spiro atoms. The summed E-state index contributed by atoms with van der Waals surface area (Å²) >= 11 is 0. The Labute approximate surface area is 110 Å². The van der Waals surface area contributed by atoms with Gasteiger partial charge in [-0.2, -0.15) is 5.26 Å². The maximum atomic E-state index is 12.2. The third-order valence-electron chi connectivity index (χ3n) is 2.97. The zero-order valence-electron chi connectivity index (χ0n) is 10.8. The average Bonchev–Trinajstić information content (AvgIpc) is 2.73. The SMILES string of the molecule is Cc1noc(C)c1CC(=O)[C@H](C#N)c1ccccn1. The van der Waals surface area contributed by atoms with Gasteiger partial charge in [-0.15, -0.1) is 0 Å². The van der Waals surface area contributed by atoms with Crippen molar-refractivity contribution < 1.29 is 9.32 Å². The maximum absolute atomic E-state index is 12.2. The van der Waals surface area contributed by atoms with Gasteiger partial charge >= 0.3 is 0 Å². The van der Waals surface area contributed by atoms with Crippen LogP contribution in [0, 0.1) is 25.2 Å². The van der Waals surface area contributed by atoms with E-state index in [-0.39, 0.29) is 12.2 Å². The summed E-state index contributed by atoms with van der Waals surface area (Å²) in [4.78, 5) is 16.3. The summed E-state index contributed by atoms with van der Waals surface area (Å²) in [5.74, 6) is -0.436. The largest absolute Gasteiger partial charge is 0.361 e. The van der Waals surface area contributed by atoms with Crippen molar-refractivity contribution in [1.82, 2.24) is 10.1 Å². The van der Waals surface area contributed by atoms with Crippen LogP contribution in [-0.4, -0.2) is 15.9 Å². The Morgan fingerprint density at radius 3 is 2.79 bits per heavy atom. The first kappa shape index (κ1) is 13.0. The van der Waals surface area contributed by atoms with E-state index in [2.05, 4.69) is 10.1 Å². The maximum Gasteiger partial charge on any atom is 0.160 e. The Morgan fingerprint density at radius 2 is 2.26 bits per heavy atom. The molecule has 0 bridgehead atoms. The Balaban J connectivity index is 2.22. The van der Waals surface area contributed by atoms with Gasteiger partial charge < -0.3 is 4.52 Å². The normalized spacial score (nSPS) is 11.8. The molecule has 0 aliphatic heterocycles. The quantitative estimate of drug-likeness (QED) is 0.835. The number of hydrogen-bond acceptors (Lipinski definition) is 5. The molecule has 0 unspecified atom stereocenters. The molecule has 0 radical (unpaired) electrons. The van der Waals surface area contributed by atoms with Crippen molar-refractivity contribution >= 4 is 5.78 Å². The van der Waals surface area contributed by atoms with Gasteiger partial charge in [0.15, 0.2) is 5.78 Å². The van der Waals surface area contributed by atoms with Gasteiger partial charge in [0.2, 0.25) is 0 Å². The summed E-state index contributed by atoms with van der Waals surface area (Å²) in [6.07, 6.45) is 1.71. The first-order chi connectivity index (χ1) is 9.13. The number of aryl methyl sites for hydroxylation is 2. The van der Waals surface area contributed by atoms with Crippen LogP contribution < -0.4 is 0 Å². The van der Waals surface area contributed by atoms with Crippen molar-refractivity contribution in [3.05, 3.63) is 47.1 Å². The van der Waals surface area contributed by atoms with Crippen molar-refractivity contribution in [3.8, 4) is 6.07 Å². The van der Waals surface area contributed by atoms with E-state index in [0.29, 0.717) is 17.1 Å². The molecule has 0 aromatic carbocycles. The number of pyridine rings is 1. The van der Waals surface area contributed by atoms with Gasteiger partial charge in [-0.05, 0) is 26.0 Å². The van der Waals surface area contributed by atoms with Crippen LogP contribution in [0.5, 0.6) is 0 Å². The molecule has 0 aliphatic carbocycles. The number of carbonyl (C=O) groups excluding carboxylic acids is 1. The van der Waals surface area contributed by atoms with Crippen LogP contribution in [0.3, 0.4) is 0 Å². The molecular weight excluding hydrogens is 242 g/mol. The van der Waals surface area contributed by atoms with Crippen LogP contribution in [-0.2, 0) is 11.2 Å². The summed E-state index contributed by atoms with van der Waals surface area (Å²) < 4.78 is 5.01. The fraction of sp³-hybridized carbons (Fsp3) is 0.286. The van der Waals surface area contributed by atoms with E-state index in [1.807, 2.05) is 6.07 Å². The third-order valence-corrected chi connectivity index (χ3v) is 2.97. The lowest BCUT2D eigenvalue weighted by molar-refractivity contribution is -0.118. The summed E-state index contributed by atoms with van der Waals surface area (Å²) in [7, 11) is 0. The molecule has 19 heavy (non-hydrogen) atoms. The topological polar surface area (TPSA) is 79.8 Å². The Kier molecular flexibility index (Phi) is 3.71. The third kappa shape index (κ3) is 2.68. The highest BCUT2D eigenvalue weighted by atomic mass is 16.5. The fourth-order valence-corrected chi connectivity index (χ4v) is 1.88. The molecule has 0 N–H and O–H groups in total. The number of nitrogens with zero attached hydrogens (tertiary/aromatic N) is 3. The molecule has 5 heteroatoms. The van der Waals surface area contributed by atoms with Gasteiger partial charge in [-0.1, -0.05) is 11.2 Å². The first-order valence-corrected chi connectivity index (χ1v) is 5.88. The predicted molar refractivity (Wildman–Crippen MR) is 67.3 cm³/mol. The van der Waals surface area contributed by atoms with Crippen molar-refractivity contribution in [1.29, 1.82) is 5.26 Å². The number of ketones is 1. The number of carbonyl (C=O) groups is 1. The van der Waals surface area contributed by atoms with Crippen LogP contribution in [0.15, 0.2) is 28.9 Å². The highest BCUT2D eigenvalue weighted by Gasteiger charge is 2.23. The molecule has 96 valence electrons. The van der Waals surface area contributed by atoms with Gasteiger partial charge in [0.25, 0.3) is 0 Å². The molecule has 0 aliphatic rings. The second-order valence-corrected chi connectivity index (χ2v) is 4.26. The molecule has 2 rings (SSSR count). The number of Topliss-reactive ketones (excluding diaryl/α,β-unsaturated/α-hetero) is 1. The molecule has 0 saturated heterocycles. The van der Waals surface area contributed by atoms with Gasteiger partial charge in [0.05, 0.1) is 17.5 Å². The average molecular weight is 255 g/mol. The minimum atomic E-state index is -0.852. The standard InChI is InChI=1S/C14H13N3O2/c1-9-11(10(2)19-17-9)7-14(18)12(8-15)13-5-3-4-6-16-13/h3-6,12H,7H2,1-2H3/t12-/m1/s1. The summed E-state index contributed by atoms with van der Waals surface area (Å²) in [5, 5.41) is 13.0. The Hall–Kier alpha value is -2.48. The molecule has 2 heterocycles. The lowest BCUT2D eigenvalue weighted by atomic mass is 9.95. The molecule has 1 atom stereocenters. The van der Waals surface area contributed by atoms with Crippen LogP contribution in [0.2, 0.25) is 0 Å². The van der Waals surface area contributed by atoms with E-state index < -0.39 is 5.92 Å². The second kappa shape index (κ2) is 5.44. The fourth-order valence-electron chi connectivity index (χ4n) is 1.88. The van der Waals surface area contributed by atoms with Gasteiger partial charge in [0.1, 0.15) is 11.7 Å². The minimum Gasteiger partial charge on any atom is -0.361 e. The molecular formula is C14H13N3O2. The molecule has 0 saturated carbocycles. The Morgan fingerprint density at radius 1 is 1.47 bits per heavy atom. The van der Waals surface area contributed by atoms with Gasteiger partial charge in [-0.3, -0.25) is 9.78 Å². The van der Waals surface area contributed by atoms with Crippen LogP contribution in [0.1, 0.15) is 28.6 Å². The van der Waals surface area contributed by atoms with Gasteiger partial charge in [0, 0.05) is 18.2 Å². The van der Waals surface area contributed by atoms with E-state index >= 15 is 0 Å². The molecule has 2 aromatic rings. The number of aromatic nitrogens is 2. The van der Waals surface area contributed by atoms with Crippen molar-refractivity contribution in [3.63, 3.8) is 0 Å². The van der Waals surface area contributed by atoms with Gasteiger partial charge in [-0.25, -0.2) is 0 Å². The van der Waals surface area contributed by atoms with Crippen molar-refractivity contribution in [2.24, 2.45) is 0 Å². The highest BCUT2D eigenvalue weighted by Crippen LogP contribution is 2.19. The van der Waals surface area contributed by atoms with E-state index in [1.54, 1.807) is 38.2 Å². The lowest BCUT2D eigenvalue weighted by Crippen LogP contribution is -2.15. The van der Waals surface area contributed by atoms with E-state index in [9.17, 15) is 4.79 Å². The van der Waals surface area contributed by atoms with Crippen molar-refractivity contribution in [2.45, 2.75) is 26.2 Å². The van der Waals surface area contributed by atoms with E-state index in [1.165, 1.54) is 0 Å². The monoisotopic (exact) mass is 255 g/mol. The number of nitriles is 1. The van der Waals surface area contributed by atoms with E-state index in [0.717, 1.165) is 5.56 Å². The van der Waals surface area contributed by atoms with Crippen LogP contribution >= 0.6 is 0 Å². The molecule has 0 fully saturated rings. The molecule has 5 nitrogen and oxygen atoms in total. The zero-order chi connectivity index (χ0) is 13.8. The molecule has 0 amide bonds. The second-order valence-electron chi connectivity index (χ2n) is 4.26. The van der Waals surface area contributed by atoms with Crippen molar-refractivity contribution in [2.75, 3.05) is 0 Å². The highest BCUT2D eigenvalue weighted by molar-refractivity contribution is 5.89. The predicted octanol–water partition coefficient (Wildman–Crippen LogP) is 2.11. The first-order valence-electron chi connectivity index (χ1n) is 5.88. The van der Waals surface area contributed by atoms with E-state index in [4.69, 9.17) is 9.78 Å². The smallest absolute Gasteiger partial charge is 0.160 e.